The monoisotopic (exact) mass is 317 g/mol. The van der Waals surface area contributed by atoms with Gasteiger partial charge in [0.05, 0.1) is 5.02 Å². The summed E-state index contributed by atoms with van der Waals surface area (Å²) in [5.74, 6) is 1.39. The Morgan fingerprint density at radius 1 is 1.59 bits per heavy atom. The molecule has 2 rings (SSSR count). The first-order chi connectivity index (χ1) is 8.06. The molecular formula is C12H17BrClN3. The van der Waals surface area contributed by atoms with Crippen molar-refractivity contribution in [1.29, 1.82) is 0 Å². The predicted molar refractivity (Wildman–Crippen MR) is 75.6 cm³/mol. The Morgan fingerprint density at radius 3 is 3.00 bits per heavy atom. The van der Waals surface area contributed by atoms with Crippen molar-refractivity contribution in [2.75, 3.05) is 25.5 Å². The fourth-order valence-corrected chi connectivity index (χ4v) is 2.95. The number of nitrogens with one attached hydrogen (secondary N) is 1. The summed E-state index contributed by atoms with van der Waals surface area (Å²) in [6.07, 6.45) is 2.90. The number of anilines is 1. The Balaban J connectivity index is 2.05. The molecule has 1 N–H and O–H groups in total. The molecule has 1 fully saturated rings. The van der Waals surface area contributed by atoms with Crippen molar-refractivity contribution in [1.82, 2.24) is 9.88 Å². The predicted octanol–water partition coefficient (Wildman–Crippen LogP) is 3.25. The van der Waals surface area contributed by atoms with Gasteiger partial charge in [-0.25, -0.2) is 4.98 Å². The smallest absolute Gasteiger partial charge is 0.145 e. The fraction of sp³-hybridized carbons (Fsp3) is 0.583. The Hall–Kier alpha value is -0.320. The third-order valence-corrected chi connectivity index (χ3v) is 3.96. The second-order valence-corrected chi connectivity index (χ2v) is 6.09. The average Bonchev–Trinajstić information content (AvgIpc) is 2.25. The van der Waals surface area contributed by atoms with Crippen molar-refractivity contribution in [3.05, 3.63) is 21.8 Å². The van der Waals surface area contributed by atoms with Crippen LogP contribution in [0.25, 0.3) is 0 Å². The van der Waals surface area contributed by atoms with Crippen LogP contribution in [0.2, 0.25) is 5.02 Å². The van der Waals surface area contributed by atoms with E-state index in [0.717, 1.165) is 29.8 Å². The van der Waals surface area contributed by atoms with E-state index in [0.29, 0.717) is 17.0 Å². The van der Waals surface area contributed by atoms with E-state index in [-0.39, 0.29) is 0 Å². The Kier molecular flexibility index (Phi) is 4.28. The summed E-state index contributed by atoms with van der Waals surface area (Å²) in [5, 5.41) is 4.13. The number of hydrogen-bond acceptors (Lipinski definition) is 3. The summed E-state index contributed by atoms with van der Waals surface area (Å²) in [6, 6.07) is 2.33. The zero-order valence-corrected chi connectivity index (χ0v) is 12.4. The van der Waals surface area contributed by atoms with Crippen molar-refractivity contribution >= 4 is 33.3 Å². The molecule has 2 atom stereocenters. The van der Waals surface area contributed by atoms with Crippen LogP contribution >= 0.6 is 27.5 Å². The maximum absolute atomic E-state index is 6.16. The van der Waals surface area contributed by atoms with Gasteiger partial charge >= 0.3 is 0 Å². The van der Waals surface area contributed by atoms with Crippen molar-refractivity contribution in [3.8, 4) is 0 Å². The molecule has 0 aliphatic carbocycles. The highest BCUT2D eigenvalue weighted by atomic mass is 79.9. The van der Waals surface area contributed by atoms with E-state index < -0.39 is 0 Å². The lowest BCUT2D eigenvalue weighted by molar-refractivity contribution is 0.206. The molecule has 0 saturated carbocycles. The zero-order valence-electron chi connectivity index (χ0n) is 10.1. The molecule has 0 spiro atoms. The van der Waals surface area contributed by atoms with Gasteiger partial charge in [-0.3, -0.25) is 0 Å². The molecule has 17 heavy (non-hydrogen) atoms. The van der Waals surface area contributed by atoms with Crippen LogP contribution in [0.1, 0.15) is 13.3 Å². The number of aromatic nitrogens is 1. The van der Waals surface area contributed by atoms with Crippen LogP contribution in [-0.4, -0.2) is 36.1 Å². The van der Waals surface area contributed by atoms with Crippen LogP contribution in [0.3, 0.4) is 0 Å². The Morgan fingerprint density at radius 2 is 2.35 bits per heavy atom. The highest BCUT2D eigenvalue weighted by molar-refractivity contribution is 9.10. The third-order valence-electron chi connectivity index (χ3n) is 3.24. The van der Waals surface area contributed by atoms with Crippen molar-refractivity contribution in [2.24, 2.45) is 5.92 Å². The molecule has 1 aliphatic heterocycles. The molecule has 0 amide bonds. The largest absolute Gasteiger partial charge is 0.366 e. The molecule has 5 heteroatoms. The molecule has 2 heterocycles. The van der Waals surface area contributed by atoms with E-state index in [2.05, 4.69) is 45.1 Å². The van der Waals surface area contributed by atoms with Crippen LogP contribution in [0.5, 0.6) is 0 Å². The van der Waals surface area contributed by atoms with E-state index >= 15 is 0 Å². The summed E-state index contributed by atoms with van der Waals surface area (Å²) in [7, 11) is 2.16. The van der Waals surface area contributed by atoms with E-state index in [1.54, 1.807) is 6.20 Å². The Labute approximate surface area is 116 Å². The number of nitrogens with zero attached hydrogens (tertiary/aromatic N) is 2. The van der Waals surface area contributed by atoms with Crippen molar-refractivity contribution in [3.63, 3.8) is 0 Å². The lowest BCUT2D eigenvalue weighted by Crippen LogP contribution is -2.43. The van der Waals surface area contributed by atoms with Crippen LogP contribution < -0.4 is 5.32 Å². The fourth-order valence-electron chi connectivity index (χ4n) is 2.26. The summed E-state index contributed by atoms with van der Waals surface area (Å²) in [6.45, 7) is 4.50. The number of halogens is 2. The lowest BCUT2D eigenvalue weighted by atomic mass is 9.94. The molecular weight excluding hydrogens is 302 g/mol. The summed E-state index contributed by atoms with van der Waals surface area (Å²) >= 11 is 9.52. The Bertz CT molecular complexity index is 399. The van der Waals surface area contributed by atoms with E-state index in [1.807, 2.05) is 6.07 Å². The summed E-state index contributed by atoms with van der Waals surface area (Å²) < 4.78 is 0.907. The second kappa shape index (κ2) is 5.55. The van der Waals surface area contributed by atoms with Gasteiger partial charge in [-0.15, -0.1) is 0 Å². The quantitative estimate of drug-likeness (QED) is 0.907. The van der Waals surface area contributed by atoms with Crippen LogP contribution in [0.4, 0.5) is 5.82 Å². The molecule has 3 nitrogen and oxygen atoms in total. The lowest BCUT2D eigenvalue weighted by Gasteiger charge is -2.35. The highest BCUT2D eigenvalue weighted by Crippen LogP contribution is 2.26. The minimum Gasteiger partial charge on any atom is -0.366 e. The molecule has 1 aliphatic rings. The maximum atomic E-state index is 6.16. The zero-order chi connectivity index (χ0) is 12.4. The van der Waals surface area contributed by atoms with E-state index in [4.69, 9.17) is 11.6 Å². The maximum Gasteiger partial charge on any atom is 0.145 e. The van der Waals surface area contributed by atoms with Gasteiger partial charge in [0, 0.05) is 23.3 Å². The first-order valence-electron chi connectivity index (χ1n) is 5.82. The van der Waals surface area contributed by atoms with Gasteiger partial charge in [-0.05, 0) is 47.9 Å². The molecule has 0 aromatic carbocycles. The van der Waals surface area contributed by atoms with Gasteiger partial charge in [-0.1, -0.05) is 18.5 Å². The van der Waals surface area contributed by atoms with Gasteiger partial charge in [0.25, 0.3) is 0 Å². The number of pyridine rings is 1. The number of rotatable bonds is 2. The molecule has 0 radical (unpaired) electrons. The van der Waals surface area contributed by atoms with Gasteiger partial charge in [0.2, 0.25) is 0 Å². The molecule has 94 valence electrons. The SMILES string of the molecule is CC1CN(C)CCC1Nc1ncc(Br)cc1Cl. The normalized spacial score (nSPS) is 25.9. The van der Waals surface area contributed by atoms with Crippen LogP contribution in [0, 0.1) is 5.92 Å². The second-order valence-electron chi connectivity index (χ2n) is 4.76. The van der Waals surface area contributed by atoms with Crippen LogP contribution in [0.15, 0.2) is 16.7 Å². The molecule has 1 aromatic heterocycles. The molecule has 1 aromatic rings. The van der Waals surface area contributed by atoms with Gasteiger partial charge in [-0.2, -0.15) is 0 Å². The molecule has 0 bridgehead atoms. The van der Waals surface area contributed by atoms with Crippen LogP contribution in [-0.2, 0) is 0 Å². The minimum absolute atomic E-state index is 0.456. The van der Waals surface area contributed by atoms with Gasteiger partial charge in [0.15, 0.2) is 0 Å². The molecule has 2 unspecified atom stereocenters. The van der Waals surface area contributed by atoms with E-state index in [1.165, 1.54) is 0 Å². The standard InChI is InChI=1S/C12H17BrClN3/c1-8-7-17(2)4-3-11(8)16-12-10(14)5-9(13)6-15-12/h5-6,8,11H,3-4,7H2,1-2H3,(H,15,16). The number of likely N-dealkylation sites (tertiary alicyclic amines) is 1. The highest BCUT2D eigenvalue weighted by Gasteiger charge is 2.24. The first kappa shape index (κ1) is 13.1. The molecule has 1 saturated heterocycles. The number of hydrogen-bond donors (Lipinski definition) is 1. The van der Waals surface area contributed by atoms with Gasteiger partial charge in [0.1, 0.15) is 5.82 Å². The summed E-state index contributed by atoms with van der Waals surface area (Å²) in [5.41, 5.74) is 0. The van der Waals surface area contributed by atoms with E-state index in [9.17, 15) is 0 Å². The minimum atomic E-state index is 0.456. The van der Waals surface area contributed by atoms with Gasteiger partial charge < -0.3 is 10.2 Å². The van der Waals surface area contributed by atoms with Crippen molar-refractivity contribution in [2.45, 2.75) is 19.4 Å². The third kappa shape index (κ3) is 3.33. The first-order valence-corrected chi connectivity index (χ1v) is 6.99. The summed E-state index contributed by atoms with van der Waals surface area (Å²) in [4.78, 5) is 6.68. The van der Waals surface area contributed by atoms with Crippen molar-refractivity contribution < 1.29 is 0 Å². The average molecular weight is 319 g/mol. The number of piperidine rings is 1. The topological polar surface area (TPSA) is 28.2 Å².